The van der Waals surface area contributed by atoms with Crippen molar-refractivity contribution >= 4 is 17.2 Å². The predicted octanol–water partition coefficient (Wildman–Crippen LogP) is 0.290. The molecule has 68 valence electrons. The van der Waals surface area contributed by atoms with Gasteiger partial charge in [-0.1, -0.05) is 6.58 Å². The zero-order valence-electron chi connectivity index (χ0n) is 7.22. The SMILES string of the molecule is C=C1Nc2cc(N)[nH]c(=O)c2N1C. The largest absolute Gasteiger partial charge is 0.385 e. The molecule has 0 spiro atoms. The summed E-state index contributed by atoms with van der Waals surface area (Å²) < 4.78 is 0. The highest BCUT2D eigenvalue weighted by Crippen LogP contribution is 2.31. The molecule has 2 heterocycles. The first kappa shape index (κ1) is 7.72. The first-order chi connectivity index (χ1) is 6.09. The van der Waals surface area contributed by atoms with Crippen LogP contribution in [0.1, 0.15) is 0 Å². The molecule has 1 aliphatic heterocycles. The number of pyridine rings is 1. The number of H-pyrrole nitrogens is 1. The summed E-state index contributed by atoms with van der Waals surface area (Å²) in [7, 11) is 1.77. The lowest BCUT2D eigenvalue weighted by atomic mass is 10.3. The average molecular weight is 178 g/mol. The van der Waals surface area contributed by atoms with Crippen LogP contribution in [0.4, 0.5) is 17.2 Å². The number of hydrogen-bond acceptors (Lipinski definition) is 4. The molecule has 0 aromatic carbocycles. The highest BCUT2D eigenvalue weighted by Gasteiger charge is 2.22. The summed E-state index contributed by atoms with van der Waals surface area (Å²) in [6, 6.07) is 1.67. The van der Waals surface area contributed by atoms with Gasteiger partial charge in [0.2, 0.25) is 0 Å². The van der Waals surface area contributed by atoms with Crippen molar-refractivity contribution in [3.8, 4) is 0 Å². The van der Waals surface area contributed by atoms with Crippen molar-refractivity contribution in [2.45, 2.75) is 0 Å². The van der Waals surface area contributed by atoms with Crippen LogP contribution < -0.4 is 21.5 Å². The predicted molar refractivity (Wildman–Crippen MR) is 52.6 cm³/mol. The summed E-state index contributed by atoms with van der Waals surface area (Å²) in [5, 5.41) is 2.96. The Morgan fingerprint density at radius 3 is 3.00 bits per heavy atom. The van der Waals surface area contributed by atoms with Crippen LogP contribution in [0.3, 0.4) is 0 Å². The van der Waals surface area contributed by atoms with Crippen molar-refractivity contribution in [2.75, 3.05) is 23.0 Å². The zero-order valence-corrected chi connectivity index (χ0v) is 7.22. The number of nitrogens with two attached hydrogens (primary N) is 1. The molecule has 0 fully saturated rings. The molecule has 1 aliphatic rings. The van der Waals surface area contributed by atoms with E-state index in [1.807, 2.05) is 0 Å². The molecule has 0 saturated heterocycles. The van der Waals surface area contributed by atoms with Crippen LogP contribution in [0.5, 0.6) is 0 Å². The van der Waals surface area contributed by atoms with Gasteiger partial charge in [-0.05, 0) is 0 Å². The maximum Gasteiger partial charge on any atom is 0.275 e. The van der Waals surface area contributed by atoms with E-state index in [-0.39, 0.29) is 5.56 Å². The third-order valence-corrected chi connectivity index (χ3v) is 2.05. The Morgan fingerprint density at radius 2 is 2.31 bits per heavy atom. The minimum atomic E-state index is -0.205. The quantitative estimate of drug-likeness (QED) is 0.533. The number of nitrogens with zero attached hydrogens (tertiary/aromatic N) is 1. The Balaban J connectivity index is 2.71. The second-order valence-corrected chi connectivity index (χ2v) is 2.95. The minimum absolute atomic E-state index is 0.205. The number of fused-ring (bicyclic) bond motifs is 1. The molecule has 0 aliphatic carbocycles. The highest BCUT2D eigenvalue weighted by molar-refractivity contribution is 5.80. The molecule has 5 heteroatoms. The lowest BCUT2D eigenvalue weighted by Gasteiger charge is -2.09. The van der Waals surface area contributed by atoms with Crippen LogP contribution >= 0.6 is 0 Å². The molecule has 13 heavy (non-hydrogen) atoms. The third kappa shape index (κ3) is 0.970. The first-order valence-corrected chi connectivity index (χ1v) is 3.82. The molecule has 0 saturated carbocycles. The number of aromatic amines is 1. The summed E-state index contributed by atoms with van der Waals surface area (Å²) in [6.45, 7) is 3.74. The maximum atomic E-state index is 11.4. The van der Waals surface area contributed by atoms with Gasteiger partial charge in [0, 0.05) is 13.1 Å². The number of rotatable bonds is 0. The van der Waals surface area contributed by atoms with Gasteiger partial charge in [0.05, 0.1) is 5.69 Å². The Bertz CT molecular complexity index is 434. The van der Waals surface area contributed by atoms with Crippen molar-refractivity contribution in [1.29, 1.82) is 0 Å². The second kappa shape index (κ2) is 2.29. The second-order valence-electron chi connectivity index (χ2n) is 2.95. The number of anilines is 3. The van der Waals surface area contributed by atoms with Crippen LogP contribution in [0.2, 0.25) is 0 Å². The molecular formula is C8H10N4O. The van der Waals surface area contributed by atoms with E-state index >= 15 is 0 Å². The maximum absolute atomic E-state index is 11.4. The number of nitrogen functional groups attached to an aromatic ring is 1. The zero-order chi connectivity index (χ0) is 9.59. The van der Waals surface area contributed by atoms with Gasteiger partial charge in [0.15, 0.2) is 0 Å². The molecule has 0 bridgehead atoms. The lowest BCUT2D eigenvalue weighted by Crippen LogP contribution is -2.20. The monoisotopic (exact) mass is 178 g/mol. The van der Waals surface area contributed by atoms with Crippen molar-refractivity contribution in [1.82, 2.24) is 4.98 Å². The van der Waals surface area contributed by atoms with Gasteiger partial charge in [-0.2, -0.15) is 0 Å². The van der Waals surface area contributed by atoms with E-state index in [1.54, 1.807) is 18.0 Å². The van der Waals surface area contributed by atoms with Crippen molar-refractivity contribution in [3.05, 3.63) is 28.8 Å². The molecule has 0 amide bonds. The molecule has 0 atom stereocenters. The number of hydrogen-bond donors (Lipinski definition) is 3. The van der Waals surface area contributed by atoms with Gasteiger partial charge in [0.1, 0.15) is 17.3 Å². The van der Waals surface area contributed by atoms with Gasteiger partial charge in [-0.3, -0.25) is 4.79 Å². The standard InChI is InChI=1S/C8H10N4O/c1-4-10-5-3-6(9)11-8(13)7(5)12(4)2/h3,10H,1H2,2H3,(H3,9,11,13). The third-order valence-electron chi connectivity index (χ3n) is 2.05. The Hall–Kier alpha value is -1.91. The fourth-order valence-electron chi connectivity index (χ4n) is 1.38. The van der Waals surface area contributed by atoms with Crippen molar-refractivity contribution < 1.29 is 0 Å². The smallest absolute Gasteiger partial charge is 0.275 e. The molecule has 2 rings (SSSR count). The molecule has 1 aromatic rings. The summed E-state index contributed by atoms with van der Waals surface area (Å²) in [5.74, 6) is 1.02. The molecule has 0 unspecified atom stereocenters. The van der Waals surface area contributed by atoms with Gasteiger partial charge in [-0.25, -0.2) is 0 Å². The fourth-order valence-corrected chi connectivity index (χ4v) is 1.38. The van der Waals surface area contributed by atoms with E-state index in [2.05, 4.69) is 16.9 Å². The van der Waals surface area contributed by atoms with Crippen LogP contribution in [-0.2, 0) is 0 Å². The van der Waals surface area contributed by atoms with E-state index in [0.717, 1.165) is 0 Å². The summed E-state index contributed by atoms with van der Waals surface area (Å²) in [5.41, 5.74) is 6.53. The first-order valence-electron chi connectivity index (χ1n) is 3.82. The van der Waals surface area contributed by atoms with E-state index < -0.39 is 0 Å². The van der Waals surface area contributed by atoms with Gasteiger partial charge in [0.25, 0.3) is 5.56 Å². The lowest BCUT2D eigenvalue weighted by molar-refractivity contribution is 1.13. The summed E-state index contributed by atoms with van der Waals surface area (Å²) in [6.07, 6.45) is 0. The van der Waals surface area contributed by atoms with Crippen LogP contribution in [-0.4, -0.2) is 12.0 Å². The van der Waals surface area contributed by atoms with Gasteiger partial charge < -0.3 is 20.9 Å². The van der Waals surface area contributed by atoms with E-state index in [4.69, 9.17) is 5.73 Å². The van der Waals surface area contributed by atoms with Crippen LogP contribution in [0, 0.1) is 0 Å². The van der Waals surface area contributed by atoms with E-state index in [0.29, 0.717) is 23.0 Å². The van der Waals surface area contributed by atoms with Crippen LogP contribution in [0.15, 0.2) is 23.3 Å². The Labute approximate surface area is 74.9 Å². The van der Waals surface area contributed by atoms with Gasteiger partial charge in [-0.15, -0.1) is 0 Å². The van der Waals surface area contributed by atoms with Gasteiger partial charge >= 0.3 is 0 Å². The highest BCUT2D eigenvalue weighted by atomic mass is 16.1. The van der Waals surface area contributed by atoms with Crippen molar-refractivity contribution in [3.63, 3.8) is 0 Å². The topological polar surface area (TPSA) is 74.1 Å². The number of nitrogens with one attached hydrogen (secondary N) is 2. The Kier molecular flexibility index (Phi) is 1.36. The number of aromatic nitrogens is 1. The average Bonchev–Trinajstić information content (AvgIpc) is 2.27. The molecule has 4 N–H and O–H groups in total. The normalized spacial score (nSPS) is 14.2. The van der Waals surface area contributed by atoms with Crippen molar-refractivity contribution in [2.24, 2.45) is 0 Å². The molecule has 1 aromatic heterocycles. The molecule has 0 radical (unpaired) electrons. The molecular weight excluding hydrogens is 168 g/mol. The molecule has 5 nitrogen and oxygen atoms in total. The Morgan fingerprint density at radius 1 is 1.62 bits per heavy atom. The fraction of sp³-hybridized carbons (Fsp3) is 0.125. The summed E-state index contributed by atoms with van der Waals surface area (Å²) >= 11 is 0. The minimum Gasteiger partial charge on any atom is -0.385 e. The van der Waals surface area contributed by atoms with E-state index in [1.165, 1.54) is 0 Å². The van der Waals surface area contributed by atoms with Crippen LogP contribution in [0.25, 0.3) is 0 Å². The van der Waals surface area contributed by atoms with E-state index in [9.17, 15) is 4.79 Å². The summed E-state index contributed by atoms with van der Waals surface area (Å²) in [4.78, 5) is 15.6.